The van der Waals surface area contributed by atoms with Gasteiger partial charge in [0.05, 0.1) is 4.90 Å². The molecule has 5 heteroatoms. The van der Waals surface area contributed by atoms with Crippen molar-refractivity contribution in [1.29, 1.82) is 0 Å². The Bertz CT molecular complexity index is 523. The molecule has 17 heavy (non-hydrogen) atoms. The molecule has 1 aromatic rings. The van der Waals surface area contributed by atoms with Gasteiger partial charge in [0.25, 0.3) is 0 Å². The van der Waals surface area contributed by atoms with Crippen LogP contribution in [-0.2, 0) is 10.0 Å². The van der Waals surface area contributed by atoms with E-state index in [-0.39, 0.29) is 6.04 Å². The first kappa shape index (κ1) is 13.1. The Morgan fingerprint density at radius 1 is 1.35 bits per heavy atom. The average molecular weight is 318 g/mol. The molecule has 0 aliphatic heterocycles. The number of halogens is 1. The van der Waals surface area contributed by atoms with Crippen LogP contribution in [0.5, 0.6) is 0 Å². The van der Waals surface area contributed by atoms with Gasteiger partial charge >= 0.3 is 0 Å². The zero-order valence-electron chi connectivity index (χ0n) is 9.98. The molecule has 0 N–H and O–H groups in total. The smallest absolute Gasteiger partial charge is 0.207 e. The summed E-state index contributed by atoms with van der Waals surface area (Å²) in [5, 5.41) is 0. The number of hydrogen-bond donors (Lipinski definition) is 0. The van der Waals surface area contributed by atoms with E-state index in [0.717, 1.165) is 29.3 Å². The molecule has 0 spiro atoms. The normalized spacial score (nSPS) is 17.2. The van der Waals surface area contributed by atoms with Crippen LogP contribution in [0.2, 0.25) is 0 Å². The SMILES string of the molecule is Cc1ccc(Br)cc1S(=O)(=O)N(C)C1CCC1. The summed E-state index contributed by atoms with van der Waals surface area (Å²) in [4.78, 5) is 0.404. The lowest BCUT2D eigenvalue weighted by Gasteiger charge is -2.34. The van der Waals surface area contributed by atoms with Crippen molar-refractivity contribution in [3.63, 3.8) is 0 Å². The standard InChI is InChI=1S/C12H16BrNO2S/c1-9-6-7-10(13)8-12(9)17(15,16)14(2)11-4-3-5-11/h6-8,11H,3-5H2,1-2H3. The number of aryl methyl sites for hydroxylation is 1. The van der Waals surface area contributed by atoms with Crippen molar-refractivity contribution in [2.75, 3.05) is 7.05 Å². The van der Waals surface area contributed by atoms with E-state index >= 15 is 0 Å². The highest BCUT2D eigenvalue weighted by molar-refractivity contribution is 9.10. The molecule has 0 bridgehead atoms. The van der Waals surface area contributed by atoms with Gasteiger partial charge in [-0.15, -0.1) is 0 Å². The first-order chi connectivity index (χ1) is 7.93. The molecule has 2 rings (SSSR count). The van der Waals surface area contributed by atoms with Crippen molar-refractivity contribution >= 4 is 26.0 Å². The van der Waals surface area contributed by atoms with Gasteiger partial charge in [-0.2, -0.15) is 4.31 Å². The predicted molar refractivity (Wildman–Crippen MR) is 71.5 cm³/mol. The zero-order chi connectivity index (χ0) is 12.6. The molecular formula is C12H16BrNO2S. The summed E-state index contributed by atoms with van der Waals surface area (Å²) in [6, 6.07) is 5.54. The highest BCUT2D eigenvalue weighted by Crippen LogP contribution is 2.30. The maximum Gasteiger partial charge on any atom is 0.243 e. The minimum atomic E-state index is -3.35. The predicted octanol–water partition coefficient (Wildman–Crippen LogP) is 2.93. The van der Waals surface area contributed by atoms with Crippen LogP contribution in [0.1, 0.15) is 24.8 Å². The Morgan fingerprint density at radius 2 is 2.00 bits per heavy atom. The molecule has 0 saturated heterocycles. The summed E-state index contributed by atoms with van der Waals surface area (Å²) in [5.74, 6) is 0. The lowest BCUT2D eigenvalue weighted by molar-refractivity contribution is 0.249. The van der Waals surface area contributed by atoms with Gasteiger partial charge < -0.3 is 0 Å². The second-order valence-corrected chi connectivity index (χ2v) is 7.40. The van der Waals surface area contributed by atoms with Gasteiger partial charge in [-0.05, 0) is 37.5 Å². The molecule has 1 fully saturated rings. The van der Waals surface area contributed by atoms with E-state index in [4.69, 9.17) is 0 Å². The maximum absolute atomic E-state index is 12.4. The lowest BCUT2D eigenvalue weighted by atomic mass is 9.94. The fraction of sp³-hybridized carbons (Fsp3) is 0.500. The van der Waals surface area contributed by atoms with Crippen LogP contribution in [-0.4, -0.2) is 25.8 Å². The molecule has 1 aliphatic rings. The Kier molecular flexibility index (Phi) is 3.61. The molecule has 0 amide bonds. The van der Waals surface area contributed by atoms with E-state index in [1.54, 1.807) is 13.1 Å². The highest BCUT2D eigenvalue weighted by atomic mass is 79.9. The van der Waals surface area contributed by atoms with E-state index in [1.807, 2.05) is 19.1 Å². The third-order valence-corrected chi connectivity index (χ3v) is 5.94. The van der Waals surface area contributed by atoms with Gasteiger partial charge in [0.1, 0.15) is 0 Å². The van der Waals surface area contributed by atoms with E-state index < -0.39 is 10.0 Å². The van der Waals surface area contributed by atoms with Crippen LogP contribution >= 0.6 is 15.9 Å². The number of nitrogens with zero attached hydrogens (tertiary/aromatic N) is 1. The molecule has 0 radical (unpaired) electrons. The average Bonchev–Trinajstić information content (AvgIpc) is 2.19. The number of rotatable bonds is 3. The van der Waals surface area contributed by atoms with Crippen LogP contribution in [0, 0.1) is 6.92 Å². The van der Waals surface area contributed by atoms with E-state index in [2.05, 4.69) is 15.9 Å². The van der Waals surface area contributed by atoms with Crippen molar-refractivity contribution in [3.05, 3.63) is 28.2 Å². The Morgan fingerprint density at radius 3 is 2.53 bits per heavy atom. The number of benzene rings is 1. The van der Waals surface area contributed by atoms with Gasteiger partial charge in [-0.1, -0.05) is 28.4 Å². The molecule has 0 aromatic heterocycles. The van der Waals surface area contributed by atoms with Crippen LogP contribution in [0.3, 0.4) is 0 Å². The van der Waals surface area contributed by atoms with Gasteiger partial charge in [-0.3, -0.25) is 0 Å². The monoisotopic (exact) mass is 317 g/mol. The molecule has 3 nitrogen and oxygen atoms in total. The first-order valence-corrected chi connectivity index (χ1v) is 7.90. The van der Waals surface area contributed by atoms with Crippen LogP contribution in [0.15, 0.2) is 27.6 Å². The van der Waals surface area contributed by atoms with Gasteiger partial charge in [-0.25, -0.2) is 8.42 Å². The fourth-order valence-corrected chi connectivity index (χ4v) is 4.13. The van der Waals surface area contributed by atoms with Crippen LogP contribution in [0.25, 0.3) is 0 Å². The van der Waals surface area contributed by atoms with Crippen LogP contribution < -0.4 is 0 Å². The van der Waals surface area contributed by atoms with Crippen molar-refractivity contribution < 1.29 is 8.42 Å². The number of hydrogen-bond acceptors (Lipinski definition) is 2. The summed E-state index contributed by atoms with van der Waals surface area (Å²) in [6.07, 6.45) is 3.08. The Labute approximate surface area is 111 Å². The molecule has 1 saturated carbocycles. The molecule has 1 aromatic carbocycles. The van der Waals surface area contributed by atoms with E-state index in [1.165, 1.54) is 4.31 Å². The summed E-state index contributed by atoms with van der Waals surface area (Å²) >= 11 is 3.32. The third kappa shape index (κ3) is 2.41. The van der Waals surface area contributed by atoms with E-state index in [0.29, 0.717) is 4.90 Å². The molecule has 94 valence electrons. The van der Waals surface area contributed by atoms with Gasteiger partial charge in [0.2, 0.25) is 10.0 Å². The highest BCUT2D eigenvalue weighted by Gasteiger charge is 2.32. The topological polar surface area (TPSA) is 37.4 Å². The summed E-state index contributed by atoms with van der Waals surface area (Å²) in [7, 11) is -1.67. The number of sulfonamides is 1. The lowest BCUT2D eigenvalue weighted by Crippen LogP contribution is -2.41. The van der Waals surface area contributed by atoms with E-state index in [9.17, 15) is 8.42 Å². The summed E-state index contributed by atoms with van der Waals surface area (Å²) in [6.45, 7) is 1.83. The zero-order valence-corrected chi connectivity index (χ0v) is 12.4. The molecular weight excluding hydrogens is 302 g/mol. The van der Waals surface area contributed by atoms with Gasteiger partial charge in [0, 0.05) is 17.6 Å². The minimum absolute atomic E-state index is 0.179. The van der Waals surface area contributed by atoms with Crippen molar-refractivity contribution in [2.24, 2.45) is 0 Å². The van der Waals surface area contributed by atoms with Gasteiger partial charge in [0.15, 0.2) is 0 Å². The van der Waals surface area contributed by atoms with Crippen molar-refractivity contribution in [2.45, 2.75) is 37.1 Å². The summed E-state index contributed by atoms with van der Waals surface area (Å²) in [5.41, 5.74) is 0.791. The van der Waals surface area contributed by atoms with Crippen molar-refractivity contribution in [3.8, 4) is 0 Å². The van der Waals surface area contributed by atoms with Crippen molar-refractivity contribution in [1.82, 2.24) is 4.31 Å². The second kappa shape index (κ2) is 4.71. The quantitative estimate of drug-likeness (QED) is 0.859. The second-order valence-electron chi connectivity index (χ2n) is 4.52. The fourth-order valence-electron chi connectivity index (χ4n) is 1.95. The first-order valence-electron chi connectivity index (χ1n) is 5.67. The molecule has 0 atom stereocenters. The van der Waals surface area contributed by atoms with Crippen LogP contribution in [0.4, 0.5) is 0 Å². The largest absolute Gasteiger partial charge is 0.243 e. The molecule has 0 unspecified atom stereocenters. The molecule has 1 aliphatic carbocycles. The molecule has 0 heterocycles. The third-order valence-electron chi connectivity index (χ3n) is 3.40. The summed E-state index contributed by atoms with van der Waals surface area (Å²) < 4.78 is 27.2. The maximum atomic E-state index is 12.4. The Hall–Kier alpha value is -0.390. The minimum Gasteiger partial charge on any atom is -0.207 e. The Balaban J connectivity index is 2.39.